The first-order valence-electron chi connectivity index (χ1n) is 6.50. The van der Waals surface area contributed by atoms with Crippen LogP contribution >= 0.6 is 39.1 Å². The lowest BCUT2D eigenvalue weighted by Crippen LogP contribution is -2.27. The number of methoxy groups -OCH3 is 1. The number of halogens is 3. The smallest absolute Gasteiger partial charge is 0.246 e. The van der Waals surface area contributed by atoms with E-state index in [1.807, 2.05) is 12.1 Å². The average Bonchev–Trinajstić information content (AvgIpc) is 2.46. The summed E-state index contributed by atoms with van der Waals surface area (Å²) in [5, 5.41) is 0.132. The maximum absolute atomic E-state index is 12.8. The highest BCUT2D eigenvalue weighted by atomic mass is 79.9. The highest BCUT2D eigenvalue weighted by Gasteiger charge is 2.27. The lowest BCUT2D eigenvalue weighted by molar-refractivity contribution is 0.398. The molecule has 0 aliphatic carbocycles. The van der Waals surface area contributed by atoms with Crippen molar-refractivity contribution in [2.24, 2.45) is 0 Å². The number of hydrogen-bond acceptors (Lipinski definition) is 3. The number of para-hydroxylation sites is 1. The van der Waals surface area contributed by atoms with Crippen LogP contribution in [0.2, 0.25) is 10.0 Å². The van der Waals surface area contributed by atoms with Crippen LogP contribution < -0.4 is 4.74 Å². The third kappa shape index (κ3) is 4.00. The molecule has 2 aromatic carbocycles. The van der Waals surface area contributed by atoms with E-state index in [-0.39, 0.29) is 21.5 Å². The fourth-order valence-corrected chi connectivity index (χ4v) is 5.11. The van der Waals surface area contributed by atoms with Gasteiger partial charge in [-0.3, -0.25) is 0 Å². The van der Waals surface area contributed by atoms with Gasteiger partial charge in [0.25, 0.3) is 0 Å². The van der Waals surface area contributed by atoms with Gasteiger partial charge >= 0.3 is 0 Å². The number of benzene rings is 2. The number of rotatable bonds is 5. The quantitative estimate of drug-likeness (QED) is 0.685. The van der Waals surface area contributed by atoms with Crippen molar-refractivity contribution in [3.63, 3.8) is 0 Å². The molecule has 0 fully saturated rings. The van der Waals surface area contributed by atoms with Crippen LogP contribution in [0, 0.1) is 0 Å². The van der Waals surface area contributed by atoms with E-state index in [0.717, 1.165) is 5.56 Å². The summed E-state index contributed by atoms with van der Waals surface area (Å²) in [6, 6.07) is 10.2. The van der Waals surface area contributed by atoms with Crippen molar-refractivity contribution in [2.75, 3.05) is 14.2 Å². The Morgan fingerprint density at radius 2 is 1.74 bits per heavy atom. The van der Waals surface area contributed by atoms with E-state index in [1.54, 1.807) is 12.1 Å². The second-order valence-corrected chi connectivity index (χ2v) is 8.48. The molecular weight excluding hydrogens is 425 g/mol. The zero-order chi connectivity index (χ0) is 17.2. The summed E-state index contributed by atoms with van der Waals surface area (Å²) in [5.41, 5.74) is 0.741. The normalized spacial score (nSPS) is 11.7. The molecule has 0 aromatic heterocycles. The van der Waals surface area contributed by atoms with Gasteiger partial charge in [0.1, 0.15) is 10.6 Å². The predicted octanol–water partition coefficient (Wildman–Crippen LogP) is 4.59. The third-order valence-corrected chi connectivity index (χ3v) is 6.40. The van der Waals surface area contributed by atoms with Gasteiger partial charge in [0, 0.05) is 23.6 Å². The van der Waals surface area contributed by atoms with Gasteiger partial charge in [-0.05, 0) is 18.2 Å². The van der Waals surface area contributed by atoms with Gasteiger partial charge in [0.05, 0.1) is 17.2 Å². The lowest BCUT2D eigenvalue weighted by atomic mass is 10.2. The van der Waals surface area contributed by atoms with Crippen LogP contribution in [0.4, 0.5) is 0 Å². The Kier molecular flexibility index (Phi) is 5.97. The molecule has 0 saturated carbocycles. The van der Waals surface area contributed by atoms with Gasteiger partial charge in [-0.25, -0.2) is 8.42 Å². The fourth-order valence-electron chi connectivity index (χ4n) is 2.09. The maximum Gasteiger partial charge on any atom is 0.246 e. The average molecular weight is 439 g/mol. The van der Waals surface area contributed by atoms with E-state index >= 15 is 0 Å². The third-order valence-electron chi connectivity index (χ3n) is 3.22. The molecule has 0 aliphatic rings. The first-order valence-corrected chi connectivity index (χ1v) is 9.49. The Hall–Kier alpha value is -0.790. The summed E-state index contributed by atoms with van der Waals surface area (Å²) in [7, 11) is -0.841. The van der Waals surface area contributed by atoms with E-state index < -0.39 is 10.0 Å². The molecule has 8 heteroatoms. The zero-order valence-corrected chi connectivity index (χ0v) is 16.3. The summed E-state index contributed by atoms with van der Waals surface area (Å²) in [5.74, 6) is 0.613. The highest BCUT2D eigenvalue weighted by molar-refractivity contribution is 9.10. The van der Waals surface area contributed by atoms with Crippen LogP contribution in [0.15, 0.2) is 45.8 Å². The van der Waals surface area contributed by atoms with Crippen LogP contribution in [0.25, 0.3) is 0 Å². The summed E-state index contributed by atoms with van der Waals surface area (Å²) in [6.07, 6.45) is 0. The minimum absolute atomic E-state index is 0.0660. The molecule has 0 amide bonds. The Morgan fingerprint density at radius 3 is 2.30 bits per heavy atom. The van der Waals surface area contributed by atoms with Crippen LogP contribution in [0.5, 0.6) is 5.75 Å². The molecule has 0 N–H and O–H groups in total. The standard InChI is InChI=1S/C15H14BrCl2NO3S/c1-19(9-10-5-3-4-6-14(10)22-2)23(20,21)15-12(17)7-11(16)8-13(15)18/h3-8H,9H2,1-2H3. The van der Waals surface area contributed by atoms with Crippen molar-refractivity contribution in [1.82, 2.24) is 4.31 Å². The van der Waals surface area contributed by atoms with Gasteiger partial charge in [-0.15, -0.1) is 0 Å². The molecule has 0 heterocycles. The molecule has 0 radical (unpaired) electrons. The van der Waals surface area contributed by atoms with E-state index in [9.17, 15) is 8.42 Å². The number of hydrogen-bond donors (Lipinski definition) is 0. The summed E-state index contributed by atoms with van der Waals surface area (Å²) in [4.78, 5) is -0.110. The monoisotopic (exact) mass is 437 g/mol. The van der Waals surface area contributed by atoms with Gasteiger partial charge in [-0.1, -0.05) is 57.3 Å². The minimum atomic E-state index is -3.85. The molecule has 0 aliphatic heterocycles. The molecule has 0 unspecified atom stereocenters. The Labute approximate surface area is 154 Å². The Balaban J connectivity index is 2.40. The summed E-state index contributed by atoms with van der Waals surface area (Å²) < 4.78 is 32.6. The summed E-state index contributed by atoms with van der Waals surface area (Å²) in [6.45, 7) is 0.134. The molecule has 23 heavy (non-hydrogen) atoms. The van der Waals surface area contributed by atoms with Crippen LogP contribution in [-0.2, 0) is 16.6 Å². The first-order chi connectivity index (χ1) is 10.8. The van der Waals surface area contributed by atoms with Crippen molar-refractivity contribution in [2.45, 2.75) is 11.4 Å². The molecule has 0 saturated heterocycles. The molecule has 0 bridgehead atoms. The number of sulfonamides is 1. The molecule has 0 spiro atoms. The topological polar surface area (TPSA) is 46.6 Å². The Bertz CT molecular complexity index is 804. The highest BCUT2D eigenvalue weighted by Crippen LogP contribution is 2.35. The second-order valence-electron chi connectivity index (χ2n) is 4.77. The van der Waals surface area contributed by atoms with Crippen LogP contribution in [-0.4, -0.2) is 26.9 Å². The van der Waals surface area contributed by atoms with Crippen LogP contribution in [0.1, 0.15) is 5.56 Å². The van der Waals surface area contributed by atoms with Crippen molar-refractivity contribution < 1.29 is 13.2 Å². The SMILES string of the molecule is COc1ccccc1CN(C)S(=O)(=O)c1c(Cl)cc(Br)cc1Cl. The predicted molar refractivity (Wildman–Crippen MR) is 95.8 cm³/mol. The van der Waals surface area contributed by atoms with Gasteiger partial charge in [0.2, 0.25) is 10.0 Å². The van der Waals surface area contributed by atoms with E-state index in [2.05, 4.69) is 15.9 Å². The first kappa shape index (κ1) is 18.5. The molecular formula is C15H14BrCl2NO3S. The number of ether oxygens (including phenoxy) is 1. The minimum Gasteiger partial charge on any atom is -0.496 e. The summed E-state index contributed by atoms with van der Waals surface area (Å²) >= 11 is 15.4. The largest absolute Gasteiger partial charge is 0.496 e. The van der Waals surface area contributed by atoms with E-state index in [4.69, 9.17) is 27.9 Å². The van der Waals surface area contributed by atoms with Crippen molar-refractivity contribution in [1.29, 1.82) is 0 Å². The zero-order valence-electron chi connectivity index (χ0n) is 12.4. The van der Waals surface area contributed by atoms with Crippen LogP contribution in [0.3, 0.4) is 0 Å². The molecule has 2 rings (SSSR count). The van der Waals surface area contributed by atoms with Crippen molar-refractivity contribution >= 4 is 49.2 Å². The van der Waals surface area contributed by atoms with E-state index in [1.165, 1.54) is 30.6 Å². The number of nitrogens with zero attached hydrogens (tertiary/aromatic N) is 1. The molecule has 4 nitrogen and oxygen atoms in total. The van der Waals surface area contributed by atoms with Gasteiger partial charge in [0.15, 0.2) is 0 Å². The molecule has 0 atom stereocenters. The maximum atomic E-state index is 12.8. The molecule has 2 aromatic rings. The van der Waals surface area contributed by atoms with Gasteiger partial charge < -0.3 is 4.74 Å². The van der Waals surface area contributed by atoms with Crippen molar-refractivity contribution in [3.05, 3.63) is 56.5 Å². The van der Waals surface area contributed by atoms with Crippen molar-refractivity contribution in [3.8, 4) is 5.75 Å². The van der Waals surface area contributed by atoms with Gasteiger partial charge in [-0.2, -0.15) is 4.31 Å². The fraction of sp³-hybridized carbons (Fsp3) is 0.200. The molecule has 124 valence electrons. The lowest BCUT2D eigenvalue weighted by Gasteiger charge is -2.20. The van der Waals surface area contributed by atoms with E-state index in [0.29, 0.717) is 10.2 Å². The Morgan fingerprint density at radius 1 is 1.17 bits per heavy atom. The second kappa shape index (κ2) is 7.40.